The van der Waals surface area contributed by atoms with Crippen molar-refractivity contribution in [3.05, 3.63) is 57.5 Å². The third kappa shape index (κ3) is 5.86. The summed E-state index contributed by atoms with van der Waals surface area (Å²) < 4.78 is 7.33. The molecule has 0 aliphatic heterocycles. The Morgan fingerprint density at radius 3 is 2.40 bits per heavy atom. The van der Waals surface area contributed by atoms with Crippen molar-refractivity contribution in [1.29, 1.82) is 0 Å². The van der Waals surface area contributed by atoms with Crippen LogP contribution >= 0.6 is 31.9 Å². The highest BCUT2D eigenvalue weighted by atomic mass is 79.9. The number of hydrogen-bond donors (Lipinski definition) is 1. The number of para-hydroxylation sites is 1. The summed E-state index contributed by atoms with van der Waals surface area (Å²) in [5.41, 5.74) is 0.660. The molecule has 1 atom stereocenters. The van der Waals surface area contributed by atoms with Crippen LogP contribution in [0.2, 0.25) is 0 Å². The summed E-state index contributed by atoms with van der Waals surface area (Å²) in [5.74, 6) is 0.0407. The molecule has 0 fully saturated rings. The highest BCUT2D eigenvalue weighted by Gasteiger charge is 2.21. The lowest BCUT2D eigenvalue weighted by atomic mass is 10.3. The molecule has 2 aromatic rings. The van der Waals surface area contributed by atoms with Crippen molar-refractivity contribution in [2.75, 3.05) is 18.9 Å². The van der Waals surface area contributed by atoms with Crippen LogP contribution in [0.25, 0.3) is 0 Å². The van der Waals surface area contributed by atoms with E-state index in [1.54, 1.807) is 32.2 Å². The lowest BCUT2D eigenvalue weighted by Gasteiger charge is -2.22. The molecule has 0 aromatic heterocycles. The number of halogens is 2. The Morgan fingerprint density at radius 1 is 1.12 bits per heavy atom. The van der Waals surface area contributed by atoms with Gasteiger partial charge < -0.3 is 15.0 Å². The summed E-state index contributed by atoms with van der Waals surface area (Å²) in [6, 6.07) is 14.5. The Bertz CT molecular complexity index is 750. The van der Waals surface area contributed by atoms with Gasteiger partial charge in [0.25, 0.3) is 5.91 Å². The molecule has 0 saturated carbocycles. The number of nitrogens with zero attached hydrogens (tertiary/aromatic N) is 1. The number of nitrogens with one attached hydrogen (secondary N) is 1. The Balaban J connectivity index is 1.89. The summed E-state index contributed by atoms with van der Waals surface area (Å²) in [7, 11) is 1.57. The highest BCUT2D eigenvalue weighted by molar-refractivity contribution is 9.10. The standard InChI is InChI=1S/C18H18Br2N2O3/c1-12(25-14-9-7-13(19)8-10-14)18(24)22(2)11-17(23)21-16-6-4-3-5-15(16)20/h3-10,12H,11H2,1-2H3,(H,21,23). The monoisotopic (exact) mass is 468 g/mol. The third-order valence-electron chi connectivity index (χ3n) is 3.38. The lowest BCUT2D eigenvalue weighted by Crippen LogP contribution is -2.42. The molecular weight excluding hydrogens is 452 g/mol. The van der Waals surface area contributed by atoms with E-state index in [0.29, 0.717) is 11.4 Å². The summed E-state index contributed by atoms with van der Waals surface area (Å²) in [5, 5.41) is 2.77. The van der Waals surface area contributed by atoms with Gasteiger partial charge in [0, 0.05) is 16.0 Å². The van der Waals surface area contributed by atoms with Crippen molar-refractivity contribution in [2.24, 2.45) is 0 Å². The first-order valence-electron chi connectivity index (χ1n) is 7.58. The number of carbonyl (C=O) groups is 2. The van der Waals surface area contributed by atoms with Crippen LogP contribution < -0.4 is 10.1 Å². The maximum Gasteiger partial charge on any atom is 0.263 e. The molecule has 2 amide bonds. The van der Waals surface area contributed by atoms with Gasteiger partial charge in [-0.1, -0.05) is 28.1 Å². The van der Waals surface area contributed by atoms with E-state index in [4.69, 9.17) is 4.74 Å². The van der Waals surface area contributed by atoms with E-state index in [9.17, 15) is 9.59 Å². The lowest BCUT2D eigenvalue weighted by molar-refractivity contribution is -0.139. The van der Waals surface area contributed by atoms with Crippen LogP contribution in [0.1, 0.15) is 6.92 Å². The molecule has 7 heteroatoms. The summed E-state index contributed by atoms with van der Waals surface area (Å²) in [4.78, 5) is 25.8. The van der Waals surface area contributed by atoms with Crippen LogP contribution in [0.3, 0.4) is 0 Å². The zero-order valence-electron chi connectivity index (χ0n) is 13.8. The van der Waals surface area contributed by atoms with Gasteiger partial charge in [0.1, 0.15) is 5.75 Å². The molecule has 0 aliphatic carbocycles. The van der Waals surface area contributed by atoms with E-state index >= 15 is 0 Å². The number of benzene rings is 2. The summed E-state index contributed by atoms with van der Waals surface area (Å²) in [6.45, 7) is 1.60. The van der Waals surface area contributed by atoms with Crippen LogP contribution in [-0.2, 0) is 9.59 Å². The van der Waals surface area contributed by atoms with Crippen molar-refractivity contribution in [1.82, 2.24) is 4.90 Å². The first-order valence-corrected chi connectivity index (χ1v) is 9.17. The maximum atomic E-state index is 12.4. The van der Waals surface area contributed by atoms with Gasteiger partial charge in [0.05, 0.1) is 12.2 Å². The summed E-state index contributed by atoms with van der Waals surface area (Å²) >= 11 is 6.71. The minimum atomic E-state index is -0.692. The quantitative estimate of drug-likeness (QED) is 0.693. The Hall–Kier alpha value is -1.86. The van der Waals surface area contributed by atoms with Crippen molar-refractivity contribution in [3.63, 3.8) is 0 Å². The molecule has 25 heavy (non-hydrogen) atoms. The number of hydrogen-bond acceptors (Lipinski definition) is 3. The van der Waals surface area contributed by atoms with Crippen molar-refractivity contribution < 1.29 is 14.3 Å². The number of likely N-dealkylation sites (N-methyl/N-ethyl adjacent to an activating group) is 1. The normalized spacial score (nSPS) is 11.5. The molecule has 0 heterocycles. The van der Waals surface area contributed by atoms with Gasteiger partial charge in [-0.15, -0.1) is 0 Å². The smallest absolute Gasteiger partial charge is 0.263 e. The topological polar surface area (TPSA) is 58.6 Å². The maximum absolute atomic E-state index is 12.4. The van der Waals surface area contributed by atoms with Crippen molar-refractivity contribution in [2.45, 2.75) is 13.0 Å². The van der Waals surface area contributed by atoms with Gasteiger partial charge in [-0.3, -0.25) is 9.59 Å². The predicted molar refractivity (Wildman–Crippen MR) is 105 cm³/mol. The fourth-order valence-corrected chi connectivity index (χ4v) is 2.77. The molecule has 1 N–H and O–H groups in total. The molecule has 0 saturated heterocycles. The van der Waals surface area contributed by atoms with Crippen LogP contribution in [-0.4, -0.2) is 36.4 Å². The Morgan fingerprint density at radius 2 is 1.76 bits per heavy atom. The second kappa shape index (κ2) is 9.01. The summed E-state index contributed by atoms with van der Waals surface area (Å²) in [6.07, 6.45) is -0.692. The molecule has 5 nitrogen and oxygen atoms in total. The van der Waals surface area contributed by atoms with E-state index in [1.807, 2.05) is 30.3 Å². The zero-order chi connectivity index (χ0) is 18.4. The largest absolute Gasteiger partial charge is 0.481 e. The second-order valence-corrected chi connectivity index (χ2v) is 7.21. The number of rotatable bonds is 6. The van der Waals surface area contributed by atoms with Gasteiger partial charge >= 0.3 is 0 Å². The molecular formula is C18H18Br2N2O3. The number of carbonyl (C=O) groups excluding carboxylic acids is 2. The van der Waals surface area contributed by atoms with Crippen molar-refractivity contribution in [3.8, 4) is 5.75 Å². The van der Waals surface area contributed by atoms with Crippen LogP contribution in [0, 0.1) is 0 Å². The van der Waals surface area contributed by atoms with Gasteiger partial charge in [0.15, 0.2) is 6.10 Å². The van der Waals surface area contributed by atoms with Crippen LogP contribution in [0.15, 0.2) is 57.5 Å². The van der Waals surface area contributed by atoms with Gasteiger partial charge in [-0.05, 0) is 59.3 Å². The first kappa shape index (κ1) is 19.5. The third-order valence-corrected chi connectivity index (χ3v) is 4.60. The first-order chi connectivity index (χ1) is 11.9. The minimum Gasteiger partial charge on any atom is -0.481 e. The minimum absolute atomic E-state index is 0.0613. The number of anilines is 1. The molecule has 1 unspecified atom stereocenters. The molecule has 0 radical (unpaired) electrons. The average molecular weight is 470 g/mol. The van der Waals surface area contributed by atoms with E-state index in [2.05, 4.69) is 37.2 Å². The SMILES string of the molecule is CC(Oc1ccc(Br)cc1)C(=O)N(C)CC(=O)Nc1ccccc1Br. The molecule has 2 rings (SSSR count). The van der Waals surface area contributed by atoms with E-state index in [1.165, 1.54) is 4.90 Å². The molecule has 132 valence electrons. The highest BCUT2D eigenvalue weighted by Crippen LogP contribution is 2.21. The van der Waals surface area contributed by atoms with E-state index in [0.717, 1.165) is 8.95 Å². The predicted octanol–water partition coefficient (Wildman–Crippen LogP) is 4.08. The zero-order valence-corrected chi connectivity index (χ0v) is 17.0. The van der Waals surface area contributed by atoms with Crippen molar-refractivity contribution >= 4 is 49.4 Å². The number of amides is 2. The van der Waals surface area contributed by atoms with E-state index in [-0.39, 0.29) is 18.4 Å². The molecule has 0 aliphatic rings. The van der Waals surface area contributed by atoms with Crippen LogP contribution in [0.4, 0.5) is 5.69 Å². The van der Waals surface area contributed by atoms with Gasteiger partial charge in [-0.25, -0.2) is 0 Å². The molecule has 0 spiro atoms. The Labute approximate surface area is 163 Å². The van der Waals surface area contributed by atoms with Crippen LogP contribution in [0.5, 0.6) is 5.75 Å². The molecule has 0 bridgehead atoms. The van der Waals surface area contributed by atoms with Gasteiger partial charge in [0.2, 0.25) is 5.91 Å². The van der Waals surface area contributed by atoms with E-state index < -0.39 is 6.10 Å². The fraction of sp³-hybridized carbons (Fsp3) is 0.222. The second-order valence-electron chi connectivity index (χ2n) is 5.44. The molecule has 2 aromatic carbocycles. The van der Waals surface area contributed by atoms with Gasteiger partial charge in [-0.2, -0.15) is 0 Å². The number of ether oxygens (including phenoxy) is 1. The Kier molecular flexibility index (Phi) is 7.01. The fourth-order valence-electron chi connectivity index (χ4n) is 2.12. The average Bonchev–Trinajstić information content (AvgIpc) is 2.58.